The molecule has 1 aliphatic heterocycles. The summed E-state index contributed by atoms with van der Waals surface area (Å²) in [6, 6.07) is 22.7. The van der Waals surface area contributed by atoms with E-state index < -0.39 is 138 Å². The van der Waals surface area contributed by atoms with Gasteiger partial charge in [0, 0.05) is 32.2 Å². The van der Waals surface area contributed by atoms with Crippen LogP contribution in [-0.2, 0) is 83.2 Å². The summed E-state index contributed by atoms with van der Waals surface area (Å²) in [5.74, 6) is -9.32. The Kier molecular flexibility index (Phi) is 29.1. The lowest BCUT2D eigenvalue weighted by atomic mass is 9.99. The molecule has 25 nitrogen and oxygen atoms in total. The smallest absolute Gasteiger partial charge is 0.246 e. The first-order valence-electron chi connectivity index (χ1n) is 30.5. The summed E-state index contributed by atoms with van der Waals surface area (Å²) in [5, 5.41) is 21.7. The molecule has 0 saturated carbocycles. The van der Waals surface area contributed by atoms with E-state index in [1.807, 2.05) is 36.4 Å². The molecule has 25 heteroatoms. The zero-order valence-electron chi connectivity index (χ0n) is 51.7. The van der Waals surface area contributed by atoms with Gasteiger partial charge in [0.15, 0.2) is 0 Å². The lowest BCUT2D eigenvalue weighted by molar-refractivity contribution is -0.142. The van der Waals surface area contributed by atoms with Crippen LogP contribution in [0.15, 0.2) is 133 Å². The van der Waals surface area contributed by atoms with Crippen LogP contribution in [0, 0.1) is 5.92 Å². The van der Waals surface area contributed by atoms with Crippen LogP contribution < -0.4 is 65.5 Å². The van der Waals surface area contributed by atoms with Gasteiger partial charge in [-0.25, -0.2) is 0 Å². The molecule has 4 aromatic carbocycles. The highest BCUT2D eigenvalue weighted by atomic mass is 16.2. The van der Waals surface area contributed by atoms with E-state index in [0.717, 1.165) is 11.1 Å². The van der Waals surface area contributed by atoms with Crippen LogP contribution in [0.4, 0.5) is 0 Å². The maximum absolute atomic E-state index is 15.0. The number of rotatable bonds is 37. The Morgan fingerprint density at radius 1 is 0.527 bits per heavy atom. The van der Waals surface area contributed by atoms with Crippen molar-refractivity contribution in [3.05, 3.63) is 156 Å². The number of primary amides is 2. The van der Waals surface area contributed by atoms with E-state index in [0.29, 0.717) is 29.4 Å². The molecule has 4 aromatic rings. The van der Waals surface area contributed by atoms with Crippen molar-refractivity contribution in [1.82, 2.24) is 47.4 Å². The lowest BCUT2D eigenvalue weighted by Crippen LogP contribution is -2.61. The van der Waals surface area contributed by atoms with Crippen molar-refractivity contribution >= 4 is 71.3 Å². The predicted octanol–water partition coefficient (Wildman–Crippen LogP) is -0.145. The largest absolute Gasteiger partial charge is 0.370 e. The van der Waals surface area contributed by atoms with Crippen LogP contribution in [0.3, 0.4) is 0 Å². The number of benzene rings is 4. The van der Waals surface area contributed by atoms with Gasteiger partial charge in [-0.2, -0.15) is 0 Å². The molecule has 0 bridgehead atoms. The highest BCUT2D eigenvalue weighted by molar-refractivity contribution is 5.99. The minimum atomic E-state index is -1.47. The van der Waals surface area contributed by atoms with Gasteiger partial charge in [-0.3, -0.25) is 52.7 Å². The van der Waals surface area contributed by atoms with Gasteiger partial charge in [0.2, 0.25) is 65.0 Å². The number of carbonyl (C=O) groups is 12. The standard InChI is InChI=1S/C66H87N13O12/c1-40(2)33-50(74-59(84)48(27-17-31-67)73-65(90)57(41(3)4)78-63(88)52(36-44-23-13-7-14-24-44)75-60(85)49(29-30-55(69)81)72-58(83)47(68)38-56(70)82)62(87)77-53(37-45-25-15-8-16-26-45)66(91)79-32-18-28-54(79)64(89)76-51(35-43-21-11-6-12-22-43)61(86)71-46(39-80)34-42-19-9-5-10-20-42/h5-16,19-26,39,41,46-54,57H,1,17-18,27-38,67-68H2,2-4H3,(H2,69,81)(H2,70,82)(H,71,86)(H,72,83)(H,73,90)(H,74,84)(H,75,85)(H,76,89)(H,77,87)(H,78,88)/t46-,47+,48+,49+,50+,51+,52+,53-,54+,57+/m1/s1. The molecule has 0 spiro atoms. The third-order valence-corrected chi connectivity index (χ3v) is 15.2. The Balaban J connectivity index is 1.35. The third-order valence-electron chi connectivity index (χ3n) is 15.2. The van der Waals surface area contributed by atoms with E-state index in [1.165, 1.54) is 4.90 Å². The first kappa shape index (κ1) is 72.1. The maximum Gasteiger partial charge on any atom is 0.246 e. The van der Waals surface area contributed by atoms with E-state index in [1.54, 1.807) is 106 Å². The molecule has 16 N–H and O–H groups in total. The molecular weight excluding hydrogens is 1170 g/mol. The minimum Gasteiger partial charge on any atom is -0.370 e. The number of nitrogens with zero attached hydrogens (tertiary/aromatic N) is 1. The SMILES string of the molecule is C=C(C)C[C@H](NC(=O)[C@H](CCCN)NC(=O)[C@@H](NC(=O)[C@H](Cc1ccccc1)NC(=O)[C@H](CCC(N)=O)NC(=O)[C@@H](N)CC(N)=O)C(C)C)C(=O)N[C@H](Cc1ccccc1)C(=O)N1CCC[C@H]1C(=O)N[C@@H](Cc1ccccc1)C(=O)N[C@@H](C=O)Cc1ccccc1. The molecule has 0 aromatic heterocycles. The molecule has 5 rings (SSSR count). The summed E-state index contributed by atoms with van der Waals surface area (Å²) in [6.07, 6.45) is 0.200. The van der Waals surface area contributed by atoms with Gasteiger partial charge in [0.05, 0.1) is 18.5 Å². The number of nitrogens with one attached hydrogen (secondary N) is 8. The molecule has 1 heterocycles. The molecule has 11 amide bonds. The monoisotopic (exact) mass is 1250 g/mol. The van der Waals surface area contributed by atoms with E-state index in [2.05, 4.69) is 49.1 Å². The number of likely N-dealkylation sites (tertiary alicyclic amines) is 1. The van der Waals surface area contributed by atoms with Crippen molar-refractivity contribution in [3.8, 4) is 0 Å². The normalized spacial score (nSPS) is 15.7. The van der Waals surface area contributed by atoms with Crippen LogP contribution in [0.25, 0.3) is 0 Å². The van der Waals surface area contributed by atoms with Gasteiger partial charge < -0.3 is 75.2 Å². The number of nitrogens with two attached hydrogens (primary N) is 4. The number of carbonyl (C=O) groups excluding carboxylic acids is 12. The molecule has 1 fully saturated rings. The summed E-state index contributed by atoms with van der Waals surface area (Å²) in [4.78, 5) is 165. The second-order valence-electron chi connectivity index (χ2n) is 23.2. The molecule has 91 heavy (non-hydrogen) atoms. The van der Waals surface area contributed by atoms with Crippen LogP contribution in [0.2, 0.25) is 0 Å². The van der Waals surface area contributed by atoms with Crippen molar-refractivity contribution < 1.29 is 57.5 Å². The van der Waals surface area contributed by atoms with Gasteiger partial charge in [0.1, 0.15) is 54.6 Å². The van der Waals surface area contributed by atoms with Crippen LogP contribution in [-0.4, -0.2) is 150 Å². The number of aldehydes is 1. The second kappa shape index (κ2) is 36.8. The Labute approximate surface area is 530 Å². The Bertz CT molecular complexity index is 3140. The number of hydrogen-bond donors (Lipinski definition) is 12. The average Bonchev–Trinajstić information content (AvgIpc) is 2.03. The van der Waals surface area contributed by atoms with Crippen molar-refractivity contribution in [2.24, 2.45) is 28.9 Å². The molecular formula is C66H87N13O12. The summed E-state index contributed by atoms with van der Waals surface area (Å²) < 4.78 is 0. The van der Waals surface area contributed by atoms with Gasteiger partial charge >= 0.3 is 0 Å². The van der Waals surface area contributed by atoms with Gasteiger partial charge in [0.25, 0.3) is 0 Å². The van der Waals surface area contributed by atoms with E-state index in [9.17, 15) is 57.5 Å². The molecule has 0 unspecified atom stereocenters. The van der Waals surface area contributed by atoms with Crippen molar-refractivity contribution in [1.29, 1.82) is 0 Å². The summed E-state index contributed by atoms with van der Waals surface area (Å²) in [7, 11) is 0. The lowest BCUT2D eigenvalue weighted by Gasteiger charge is -2.31. The fraction of sp³-hybridized carbons (Fsp3) is 0.424. The average molecular weight is 1250 g/mol. The quantitative estimate of drug-likeness (QED) is 0.0207. The highest BCUT2D eigenvalue weighted by Crippen LogP contribution is 2.22. The molecule has 1 saturated heterocycles. The van der Waals surface area contributed by atoms with Crippen molar-refractivity contribution in [3.63, 3.8) is 0 Å². The first-order valence-corrected chi connectivity index (χ1v) is 30.5. The zero-order valence-corrected chi connectivity index (χ0v) is 51.7. The maximum atomic E-state index is 15.0. The molecule has 10 atom stereocenters. The topological polar surface area (TPSA) is 408 Å². The van der Waals surface area contributed by atoms with Crippen LogP contribution in [0.1, 0.15) is 94.4 Å². The van der Waals surface area contributed by atoms with Gasteiger partial charge in [-0.05, 0) is 86.6 Å². The molecule has 488 valence electrons. The Morgan fingerprint density at radius 2 is 0.956 bits per heavy atom. The Morgan fingerprint density at radius 3 is 1.44 bits per heavy atom. The number of amides is 11. The van der Waals surface area contributed by atoms with Crippen molar-refractivity contribution in [2.45, 2.75) is 158 Å². The summed E-state index contributed by atoms with van der Waals surface area (Å²) >= 11 is 0. The highest BCUT2D eigenvalue weighted by Gasteiger charge is 2.41. The Hall–Kier alpha value is -9.62. The predicted molar refractivity (Wildman–Crippen MR) is 340 cm³/mol. The first-order chi connectivity index (χ1) is 43.5. The van der Waals surface area contributed by atoms with E-state index in [-0.39, 0.29) is 77.3 Å². The summed E-state index contributed by atoms with van der Waals surface area (Å²) in [5.41, 5.74) is 25.6. The number of hydrogen-bond acceptors (Lipinski definition) is 14. The van der Waals surface area contributed by atoms with E-state index in [4.69, 9.17) is 22.9 Å². The second-order valence-corrected chi connectivity index (χ2v) is 23.2. The minimum absolute atomic E-state index is 0.0325. The third kappa shape index (κ3) is 24.0. The van der Waals surface area contributed by atoms with E-state index >= 15 is 0 Å². The fourth-order valence-electron chi connectivity index (χ4n) is 10.4. The molecule has 0 radical (unpaired) electrons. The molecule has 1 aliphatic rings. The fourth-order valence-corrected chi connectivity index (χ4v) is 10.4. The summed E-state index contributed by atoms with van der Waals surface area (Å²) in [6.45, 7) is 9.10. The van der Waals surface area contributed by atoms with Gasteiger partial charge in [-0.15, -0.1) is 6.58 Å². The van der Waals surface area contributed by atoms with Crippen LogP contribution >= 0.6 is 0 Å². The van der Waals surface area contributed by atoms with Gasteiger partial charge in [-0.1, -0.05) is 141 Å². The van der Waals surface area contributed by atoms with Crippen LogP contribution in [0.5, 0.6) is 0 Å². The molecule has 0 aliphatic carbocycles. The zero-order chi connectivity index (χ0) is 66.6. The van der Waals surface area contributed by atoms with Crippen molar-refractivity contribution in [2.75, 3.05) is 13.1 Å².